The SMILES string of the molecule is CCC/C=C\CCCCCC(CC(=O)NC(CO)C(O)CCCCCCCCCCCCCCCCC)OC(=O)CCCCC/C=C/C=C/CCCCCCCCC. The van der Waals surface area contributed by atoms with Crippen LogP contribution >= 0.6 is 0 Å². The Kier molecular flexibility index (Phi) is 44.6. The van der Waals surface area contributed by atoms with E-state index in [0.29, 0.717) is 19.3 Å². The molecule has 0 rings (SSSR count). The molecule has 0 spiro atoms. The standard InChI is InChI=1S/C52H97NO5/c1-4-7-10-13-16-19-21-23-25-27-29-31-33-36-39-42-45-52(57)58-48(43-40-37-34-18-15-12-9-6-3)46-51(56)53-49(47-54)50(55)44-41-38-35-32-30-28-26-24-22-20-17-14-11-8-5-2/h12,15,25,27,29,31,48-50,54-55H,4-11,13-14,16-24,26,28,30,32-47H2,1-3H3,(H,53,56)/b15-12-,27-25+,31-29+. The Balaban J connectivity index is 4.45. The van der Waals surface area contributed by atoms with Gasteiger partial charge in [-0.1, -0.05) is 211 Å². The second kappa shape index (κ2) is 46.2. The van der Waals surface area contributed by atoms with Crippen LogP contribution in [0.3, 0.4) is 0 Å². The van der Waals surface area contributed by atoms with Crippen molar-refractivity contribution >= 4 is 11.9 Å². The number of rotatable bonds is 45. The molecule has 6 nitrogen and oxygen atoms in total. The number of hydrogen-bond acceptors (Lipinski definition) is 5. The van der Waals surface area contributed by atoms with E-state index in [9.17, 15) is 19.8 Å². The van der Waals surface area contributed by atoms with Crippen LogP contribution < -0.4 is 5.32 Å². The van der Waals surface area contributed by atoms with Crippen LogP contribution in [0.2, 0.25) is 0 Å². The molecule has 0 bridgehead atoms. The highest BCUT2D eigenvalue weighted by Gasteiger charge is 2.24. The number of aliphatic hydroxyl groups is 2. The van der Waals surface area contributed by atoms with Gasteiger partial charge in [-0.05, 0) is 70.6 Å². The van der Waals surface area contributed by atoms with Crippen LogP contribution in [0.25, 0.3) is 0 Å². The minimum Gasteiger partial charge on any atom is -0.462 e. The third kappa shape index (κ3) is 40.8. The molecule has 0 aliphatic heterocycles. The van der Waals surface area contributed by atoms with Crippen molar-refractivity contribution in [3.05, 3.63) is 36.5 Å². The van der Waals surface area contributed by atoms with E-state index in [2.05, 4.69) is 62.5 Å². The molecule has 0 aromatic carbocycles. The minimum atomic E-state index is -0.793. The van der Waals surface area contributed by atoms with E-state index in [1.165, 1.54) is 122 Å². The smallest absolute Gasteiger partial charge is 0.306 e. The van der Waals surface area contributed by atoms with Crippen LogP contribution in [-0.2, 0) is 14.3 Å². The molecule has 0 aromatic rings. The molecule has 0 heterocycles. The van der Waals surface area contributed by atoms with E-state index in [0.717, 1.165) is 89.9 Å². The van der Waals surface area contributed by atoms with Gasteiger partial charge in [0.05, 0.1) is 25.2 Å². The van der Waals surface area contributed by atoms with Crippen molar-refractivity contribution in [2.75, 3.05) is 6.61 Å². The molecule has 0 saturated carbocycles. The number of nitrogens with one attached hydrogen (secondary N) is 1. The molecule has 1 amide bonds. The Bertz CT molecular complexity index is 961. The third-order valence-corrected chi connectivity index (χ3v) is 11.5. The Labute approximate surface area is 360 Å². The van der Waals surface area contributed by atoms with Crippen molar-refractivity contribution in [2.45, 2.75) is 277 Å². The summed E-state index contributed by atoms with van der Waals surface area (Å²) < 4.78 is 5.88. The van der Waals surface area contributed by atoms with Crippen LogP contribution in [0.15, 0.2) is 36.5 Å². The Morgan fingerprint density at radius 3 is 1.41 bits per heavy atom. The fourth-order valence-electron chi connectivity index (χ4n) is 7.60. The first-order valence-corrected chi connectivity index (χ1v) is 25.2. The first kappa shape index (κ1) is 56.1. The van der Waals surface area contributed by atoms with Crippen molar-refractivity contribution in [3.8, 4) is 0 Å². The summed E-state index contributed by atoms with van der Waals surface area (Å²) >= 11 is 0. The number of unbranched alkanes of at least 4 members (excludes halogenated alkanes) is 28. The molecule has 0 radical (unpaired) electrons. The summed E-state index contributed by atoms with van der Waals surface area (Å²) in [7, 11) is 0. The molecule has 3 atom stereocenters. The summed E-state index contributed by atoms with van der Waals surface area (Å²) in [6, 6.07) is -0.708. The number of hydrogen-bond donors (Lipinski definition) is 3. The van der Waals surface area contributed by atoms with Crippen molar-refractivity contribution < 1.29 is 24.5 Å². The highest BCUT2D eigenvalue weighted by atomic mass is 16.5. The number of esters is 1. The Morgan fingerprint density at radius 1 is 0.500 bits per heavy atom. The van der Waals surface area contributed by atoms with Crippen LogP contribution in [0.5, 0.6) is 0 Å². The number of allylic oxidation sites excluding steroid dienone is 6. The Morgan fingerprint density at radius 2 is 0.914 bits per heavy atom. The molecule has 3 N–H and O–H groups in total. The summed E-state index contributed by atoms with van der Waals surface area (Å²) in [5.74, 6) is -0.519. The number of ether oxygens (including phenoxy) is 1. The van der Waals surface area contributed by atoms with Crippen LogP contribution in [-0.4, -0.2) is 46.9 Å². The summed E-state index contributed by atoms with van der Waals surface area (Å²) in [5, 5.41) is 23.7. The van der Waals surface area contributed by atoms with Gasteiger partial charge in [-0.3, -0.25) is 9.59 Å². The minimum absolute atomic E-state index is 0.0571. The highest BCUT2D eigenvalue weighted by molar-refractivity contribution is 5.77. The first-order chi connectivity index (χ1) is 28.5. The molecule has 58 heavy (non-hydrogen) atoms. The predicted molar refractivity (Wildman–Crippen MR) is 250 cm³/mol. The lowest BCUT2D eigenvalue weighted by molar-refractivity contribution is -0.151. The predicted octanol–water partition coefficient (Wildman–Crippen LogP) is 14.9. The zero-order valence-corrected chi connectivity index (χ0v) is 38.7. The van der Waals surface area contributed by atoms with Crippen LogP contribution in [0.4, 0.5) is 0 Å². The number of carbonyl (C=O) groups is 2. The number of amides is 1. The van der Waals surface area contributed by atoms with Crippen molar-refractivity contribution in [3.63, 3.8) is 0 Å². The van der Waals surface area contributed by atoms with Crippen molar-refractivity contribution in [2.24, 2.45) is 0 Å². The van der Waals surface area contributed by atoms with E-state index < -0.39 is 18.2 Å². The van der Waals surface area contributed by atoms with Gasteiger partial charge in [0.1, 0.15) is 6.10 Å². The average molecular weight is 816 g/mol. The molecule has 0 aromatic heterocycles. The van der Waals surface area contributed by atoms with Crippen molar-refractivity contribution in [1.82, 2.24) is 5.32 Å². The molecule has 340 valence electrons. The zero-order chi connectivity index (χ0) is 42.4. The quantitative estimate of drug-likeness (QED) is 0.0246. The molecule has 0 fully saturated rings. The normalized spacial score (nSPS) is 13.5. The van der Waals surface area contributed by atoms with Gasteiger partial charge in [-0.2, -0.15) is 0 Å². The Hall–Kier alpha value is -1.92. The maximum atomic E-state index is 13.1. The van der Waals surface area contributed by atoms with Gasteiger partial charge in [0, 0.05) is 6.42 Å². The summed E-state index contributed by atoms with van der Waals surface area (Å²) in [6.07, 6.45) is 53.6. The molecule has 0 aliphatic rings. The largest absolute Gasteiger partial charge is 0.462 e. The molecular weight excluding hydrogens is 719 g/mol. The van der Waals surface area contributed by atoms with Crippen LogP contribution in [0.1, 0.15) is 258 Å². The summed E-state index contributed by atoms with van der Waals surface area (Å²) in [5.41, 5.74) is 0. The maximum Gasteiger partial charge on any atom is 0.306 e. The number of carbonyl (C=O) groups excluding carboxylic acids is 2. The average Bonchev–Trinajstić information content (AvgIpc) is 3.22. The molecular formula is C52H97NO5. The van der Waals surface area contributed by atoms with Gasteiger partial charge in [0.2, 0.25) is 5.91 Å². The molecule has 6 heteroatoms. The van der Waals surface area contributed by atoms with E-state index in [1.807, 2.05) is 0 Å². The van der Waals surface area contributed by atoms with Crippen LogP contribution in [0, 0.1) is 0 Å². The summed E-state index contributed by atoms with van der Waals surface area (Å²) in [4.78, 5) is 26.0. The topological polar surface area (TPSA) is 95.9 Å². The zero-order valence-electron chi connectivity index (χ0n) is 38.7. The van der Waals surface area contributed by atoms with Gasteiger partial charge in [0.15, 0.2) is 0 Å². The van der Waals surface area contributed by atoms with E-state index in [-0.39, 0.29) is 24.9 Å². The fourth-order valence-corrected chi connectivity index (χ4v) is 7.60. The van der Waals surface area contributed by atoms with Crippen molar-refractivity contribution in [1.29, 1.82) is 0 Å². The molecule has 0 saturated heterocycles. The third-order valence-electron chi connectivity index (χ3n) is 11.5. The lowest BCUT2D eigenvalue weighted by Gasteiger charge is -2.24. The van der Waals surface area contributed by atoms with Gasteiger partial charge >= 0.3 is 5.97 Å². The molecule has 3 unspecified atom stereocenters. The van der Waals surface area contributed by atoms with E-state index in [4.69, 9.17) is 4.74 Å². The lowest BCUT2D eigenvalue weighted by Crippen LogP contribution is -2.46. The fraction of sp³-hybridized carbons (Fsp3) is 0.846. The van der Waals surface area contributed by atoms with Gasteiger partial charge < -0.3 is 20.3 Å². The first-order valence-electron chi connectivity index (χ1n) is 25.2. The second-order valence-electron chi connectivity index (χ2n) is 17.2. The lowest BCUT2D eigenvalue weighted by atomic mass is 10.0. The molecule has 0 aliphatic carbocycles. The maximum absolute atomic E-state index is 13.1. The number of aliphatic hydroxyl groups excluding tert-OH is 2. The summed E-state index contributed by atoms with van der Waals surface area (Å²) in [6.45, 7) is 6.40. The highest BCUT2D eigenvalue weighted by Crippen LogP contribution is 2.17. The van der Waals surface area contributed by atoms with E-state index >= 15 is 0 Å². The van der Waals surface area contributed by atoms with E-state index in [1.54, 1.807) is 0 Å². The monoisotopic (exact) mass is 816 g/mol. The van der Waals surface area contributed by atoms with Gasteiger partial charge in [-0.25, -0.2) is 0 Å². The second-order valence-corrected chi connectivity index (χ2v) is 17.2. The van der Waals surface area contributed by atoms with Gasteiger partial charge in [0.25, 0.3) is 0 Å². The van der Waals surface area contributed by atoms with Gasteiger partial charge in [-0.15, -0.1) is 0 Å².